The maximum absolute atomic E-state index is 12.3. The number of nitrogens with zero attached hydrogens (tertiary/aromatic N) is 2. The quantitative estimate of drug-likeness (QED) is 0.687. The van der Waals surface area contributed by atoms with Crippen molar-refractivity contribution in [3.8, 4) is 0 Å². The van der Waals surface area contributed by atoms with Crippen molar-refractivity contribution in [3.63, 3.8) is 0 Å². The Morgan fingerprint density at radius 3 is 2.22 bits per heavy atom. The number of rotatable bonds is 1. The summed E-state index contributed by atoms with van der Waals surface area (Å²) in [5.74, 6) is 0.186. The van der Waals surface area contributed by atoms with Crippen molar-refractivity contribution in [2.24, 2.45) is 0 Å². The SMILES string of the molecule is O=C1C(=[N+]2CCCCC2)C(O)C1N1CCCCC1. The van der Waals surface area contributed by atoms with E-state index in [4.69, 9.17) is 0 Å². The Morgan fingerprint density at radius 2 is 1.61 bits per heavy atom. The van der Waals surface area contributed by atoms with E-state index in [1.165, 1.54) is 12.8 Å². The third kappa shape index (κ3) is 2.01. The number of carbonyl (C=O) groups excluding carboxylic acids is 1. The Morgan fingerprint density at radius 1 is 1.00 bits per heavy atom. The van der Waals surface area contributed by atoms with Crippen molar-refractivity contribution in [1.29, 1.82) is 0 Å². The van der Waals surface area contributed by atoms with Gasteiger partial charge in [-0.3, -0.25) is 9.69 Å². The van der Waals surface area contributed by atoms with Gasteiger partial charge in [0, 0.05) is 12.8 Å². The van der Waals surface area contributed by atoms with Crippen LogP contribution in [0.25, 0.3) is 0 Å². The zero-order valence-electron chi connectivity index (χ0n) is 11.0. The predicted molar refractivity (Wildman–Crippen MR) is 69.1 cm³/mol. The molecule has 2 saturated heterocycles. The van der Waals surface area contributed by atoms with Gasteiger partial charge in [0.2, 0.25) is 5.78 Å². The first-order valence-corrected chi connectivity index (χ1v) is 7.37. The molecule has 0 bridgehead atoms. The molecule has 4 heteroatoms. The topological polar surface area (TPSA) is 43.6 Å². The lowest BCUT2D eigenvalue weighted by Gasteiger charge is -2.41. The van der Waals surface area contributed by atoms with Crippen LogP contribution in [0.3, 0.4) is 0 Å². The van der Waals surface area contributed by atoms with E-state index in [0.29, 0.717) is 5.71 Å². The van der Waals surface area contributed by atoms with Gasteiger partial charge >= 0.3 is 0 Å². The Kier molecular flexibility index (Phi) is 3.48. The van der Waals surface area contributed by atoms with E-state index in [1.807, 2.05) is 0 Å². The second-order valence-corrected chi connectivity index (χ2v) is 5.78. The molecule has 2 atom stereocenters. The lowest BCUT2D eigenvalue weighted by atomic mass is 9.81. The van der Waals surface area contributed by atoms with Crippen LogP contribution in [-0.2, 0) is 4.79 Å². The number of hydrogen-bond acceptors (Lipinski definition) is 3. The molecule has 4 nitrogen and oxygen atoms in total. The molecule has 0 aromatic carbocycles. The van der Waals surface area contributed by atoms with E-state index >= 15 is 0 Å². The zero-order valence-corrected chi connectivity index (χ0v) is 11.0. The third-order valence-electron chi connectivity index (χ3n) is 4.58. The summed E-state index contributed by atoms with van der Waals surface area (Å²) in [6.07, 6.45) is 6.61. The molecule has 18 heavy (non-hydrogen) atoms. The van der Waals surface area contributed by atoms with Crippen molar-refractivity contribution in [2.45, 2.75) is 50.7 Å². The van der Waals surface area contributed by atoms with Crippen LogP contribution < -0.4 is 0 Å². The average molecular weight is 251 g/mol. The molecule has 0 amide bonds. The van der Waals surface area contributed by atoms with Crippen molar-refractivity contribution < 1.29 is 14.5 Å². The van der Waals surface area contributed by atoms with Gasteiger partial charge < -0.3 is 5.11 Å². The number of carbonyl (C=O) groups is 1. The van der Waals surface area contributed by atoms with Gasteiger partial charge in [0.15, 0.2) is 6.10 Å². The van der Waals surface area contributed by atoms with E-state index in [2.05, 4.69) is 9.48 Å². The number of Topliss-reactive ketones (excluding diaryl/α,β-unsaturated/α-hetero) is 1. The summed E-state index contributed by atoms with van der Waals surface area (Å²) in [6.45, 7) is 3.84. The molecular formula is C14H23N2O2+. The molecule has 1 aliphatic carbocycles. The van der Waals surface area contributed by atoms with Gasteiger partial charge in [-0.15, -0.1) is 0 Å². The minimum Gasteiger partial charge on any atom is -0.380 e. The molecule has 1 saturated carbocycles. The molecule has 0 spiro atoms. The first-order valence-electron chi connectivity index (χ1n) is 7.37. The highest BCUT2D eigenvalue weighted by atomic mass is 16.3. The normalized spacial score (nSPS) is 34.6. The van der Waals surface area contributed by atoms with Crippen LogP contribution in [-0.4, -0.2) is 64.4 Å². The lowest BCUT2D eigenvalue weighted by Crippen LogP contribution is -2.68. The molecule has 0 aromatic rings. The molecule has 0 aromatic heterocycles. The van der Waals surface area contributed by atoms with E-state index in [0.717, 1.165) is 51.9 Å². The molecule has 1 N–H and O–H groups in total. The summed E-state index contributed by atoms with van der Waals surface area (Å²) in [4.78, 5) is 14.5. The first-order chi connectivity index (χ1) is 8.79. The third-order valence-corrected chi connectivity index (χ3v) is 4.58. The molecule has 100 valence electrons. The maximum atomic E-state index is 12.3. The summed E-state index contributed by atoms with van der Waals surface area (Å²) in [6, 6.07) is -0.234. The van der Waals surface area contributed by atoms with Crippen LogP contribution in [0.4, 0.5) is 0 Å². The summed E-state index contributed by atoms with van der Waals surface area (Å²) >= 11 is 0. The number of likely N-dealkylation sites (tertiary alicyclic amines) is 1. The van der Waals surface area contributed by atoms with Gasteiger partial charge in [-0.1, -0.05) is 6.42 Å². The van der Waals surface area contributed by atoms with Crippen molar-refractivity contribution in [2.75, 3.05) is 26.2 Å². The number of aliphatic hydroxyl groups excluding tert-OH is 1. The van der Waals surface area contributed by atoms with Crippen molar-refractivity contribution >= 4 is 11.5 Å². The number of ketones is 1. The lowest BCUT2D eigenvalue weighted by molar-refractivity contribution is -0.540. The van der Waals surface area contributed by atoms with Crippen LogP contribution in [0.2, 0.25) is 0 Å². The monoisotopic (exact) mass is 251 g/mol. The summed E-state index contributed by atoms with van der Waals surface area (Å²) in [5, 5.41) is 10.3. The smallest absolute Gasteiger partial charge is 0.252 e. The van der Waals surface area contributed by atoms with Crippen LogP contribution in [0.1, 0.15) is 38.5 Å². The van der Waals surface area contributed by atoms with Gasteiger partial charge in [0.1, 0.15) is 19.1 Å². The standard InChI is InChI=1S/C14H23N2O2/c17-13-11(15-7-3-1-4-8-15)14(18)12(13)16-9-5-2-6-10-16/h11,13,17H,1-10H2/q+1. The Bertz CT molecular complexity index is 364. The van der Waals surface area contributed by atoms with Gasteiger partial charge in [0.05, 0.1) is 0 Å². The first kappa shape index (κ1) is 12.3. The number of hydrogen-bond donors (Lipinski definition) is 1. The molecular weight excluding hydrogens is 228 g/mol. The fourth-order valence-electron chi connectivity index (χ4n) is 3.53. The van der Waals surface area contributed by atoms with Crippen molar-refractivity contribution in [1.82, 2.24) is 4.90 Å². The number of piperidine rings is 2. The fourth-order valence-corrected chi connectivity index (χ4v) is 3.53. The summed E-state index contributed by atoms with van der Waals surface area (Å²) < 4.78 is 2.12. The highest BCUT2D eigenvalue weighted by Crippen LogP contribution is 2.24. The Balaban J connectivity index is 1.72. The predicted octanol–water partition coefficient (Wildman–Crippen LogP) is 0.422. The van der Waals surface area contributed by atoms with Gasteiger partial charge in [0.25, 0.3) is 5.71 Å². The minimum absolute atomic E-state index is 0.186. The van der Waals surface area contributed by atoms with Gasteiger partial charge in [-0.2, -0.15) is 0 Å². The van der Waals surface area contributed by atoms with E-state index < -0.39 is 6.10 Å². The molecule has 2 heterocycles. The molecule has 0 radical (unpaired) electrons. The molecule has 2 unspecified atom stereocenters. The maximum Gasteiger partial charge on any atom is 0.252 e. The second kappa shape index (κ2) is 5.10. The highest BCUT2D eigenvalue weighted by molar-refractivity contribution is 6.49. The Labute approximate surface area is 108 Å². The zero-order chi connectivity index (χ0) is 12.5. The van der Waals surface area contributed by atoms with E-state index in [9.17, 15) is 9.90 Å². The molecule has 2 aliphatic heterocycles. The Hall–Kier alpha value is -0.740. The largest absolute Gasteiger partial charge is 0.380 e. The fraction of sp³-hybridized carbons (Fsp3) is 0.857. The second-order valence-electron chi connectivity index (χ2n) is 5.78. The van der Waals surface area contributed by atoms with E-state index in [-0.39, 0.29) is 11.8 Å². The van der Waals surface area contributed by atoms with Crippen molar-refractivity contribution in [3.05, 3.63) is 0 Å². The van der Waals surface area contributed by atoms with Gasteiger partial charge in [-0.05, 0) is 32.4 Å². The van der Waals surface area contributed by atoms with E-state index in [1.54, 1.807) is 0 Å². The van der Waals surface area contributed by atoms with Crippen LogP contribution >= 0.6 is 0 Å². The van der Waals surface area contributed by atoms with Crippen LogP contribution in [0, 0.1) is 0 Å². The number of aliphatic hydroxyl groups is 1. The van der Waals surface area contributed by atoms with Gasteiger partial charge in [-0.25, -0.2) is 4.58 Å². The van der Waals surface area contributed by atoms with Crippen LogP contribution in [0.5, 0.6) is 0 Å². The summed E-state index contributed by atoms with van der Waals surface area (Å²) in [5.41, 5.74) is 0.699. The van der Waals surface area contributed by atoms with Crippen LogP contribution in [0.15, 0.2) is 0 Å². The average Bonchev–Trinajstić information content (AvgIpc) is 2.41. The highest BCUT2D eigenvalue weighted by Gasteiger charge is 2.55. The molecule has 3 fully saturated rings. The minimum atomic E-state index is -0.534. The molecule has 3 rings (SSSR count). The summed E-state index contributed by atoms with van der Waals surface area (Å²) in [7, 11) is 0. The molecule has 3 aliphatic rings.